The van der Waals surface area contributed by atoms with Crippen molar-refractivity contribution in [1.82, 2.24) is 9.80 Å². The molecule has 0 unspecified atom stereocenters. The van der Waals surface area contributed by atoms with E-state index in [0.29, 0.717) is 17.7 Å². The maximum Gasteiger partial charge on any atom is 0.261 e. The summed E-state index contributed by atoms with van der Waals surface area (Å²) in [6.45, 7) is 7.17. The van der Waals surface area contributed by atoms with Gasteiger partial charge in [0, 0.05) is 13.1 Å². The van der Waals surface area contributed by atoms with E-state index in [4.69, 9.17) is 0 Å². The molecule has 114 valence electrons. The molecule has 22 heavy (non-hydrogen) atoms. The summed E-state index contributed by atoms with van der Waals surface area (Å²) in [6, 6.07) is 11.5. The fraction of sp³-hybridized carbons (Fsp3) is 0.333. The zero-order valence-corrected chi connectivity index (χ0v) is 13.0. The quantitative estimate of drug-likeness (QED) is 0.797. The number of benzene rings is 2. The standard InChI is InChI=1S/C18H20N2O2/c1-3-19(4-2)9-10-20-17(21)15-11-13-7-5-6-8-14(13)12-16(15)18(20)22/h5-8,11-12H,3-4,9-10H2,1-2H3. The zero-order chi connectivity index (χ0) is 15.7. The van der Waals surface area contributed by atoms with Crippen molar-refractivity contribution in [2.24, 2.45) is 0 Å². The molecule has 2 aromatic carbocycles. The smallest absolute Gasteiger partial charge is 0.261 e. The van der Waals surface area contributed by atoms with Gasteiger partial charge in [-0.05, 0) is 36.0 Å². The lowest BCUT2D eigenvalue weighted by Gasteiger charge is -2.21. The van der Waals surface area contributed by atoms with Gasteiger partial charge in [-0.3, -0.25) is 14.5 Å². The molecule has 2 amide bonds. The van der Waals surface area contributed by atoms with Gasteiger partial charge < -0.3 is 4.90 Å². The van der Waals surface area contributed by atoms with Crippen molar-refractivity contribution < 1.29 is 9.59 Å². The average molecular weight is 296 g/mol. The van der Waals surface area contributed by atoms with Crippen molar-refractivity contribution in [3.63, 3.8) is 0 Å². The highest BCUT2D eigenvalue weighted by molar-refractivity contribution is 6.23. The molecule has 2 aromatic rings. The Balaban J connectivity index is 1.89. The van der Waals surface area contributed by atoms with Crippen molar-refractivity contribution in [3.8, 4) is 0 Å². The second-order valence-corrected chi connectivity index (χ2v) is 5.53. The van der Waals surface area contributed by atoms with Crippen LogP contribution in [-0.2, 0) is 0 Å². The Bertz CT molecular complexity index is 680. The van der Waals surface area contributed by atoms with E-state index < -0.39 is 0 Å². The van der Waals surface area contributed by atoms with Gasteiger partial charge in [-0.25, -0.2) is 0 Å². The third kappa shape index (κ3) is 2.40. The van der Waals surface area contributed by atoms with Gasteiger partial charge in [0.2, 0.25) is 0 Å². The van der Waals surface area contributed by atoms with E-state index in [0.717, 1.165) is 30.4 Å². The Morgan fingerprint density at radius 3 is 1.86 bits per heavy atom. The van der Waals surface area contributed by atoms with Crippen LogP contribution in [0.5, 0.6) is 0 Å². The highest BCUT2D eigenvalue weighted by atomic mass is 16.2. The summed E-state index contributed by atoms with van der Waals surface area (Å²) in [5.74, 6) is -0.337. The van der Waals surface area contributed by atoms with Crippen molar-refractivity contribution in [2.75, 3.05) is 26.2 Å². The Kier molecular flexibility index (Phi) is 3.94. The molecule has 0 fully saturated rings. The Labute approximate surface area is 130 Å². The minimum absolute atomic E-state index is 0.169. The molecule has 4 heteroatoms. The van der Waals surface area contributed by atoms with Crippen LogP contribution in [0.2, 0.25) is 0 Å². The van der Waals surface area contributed by atoms with E-state index in [1.807, 2.05) is 36.4 Å². The lowest BCUT2D eigenvalue weighted by molar-refractivity contribution is 0.0638. The SMILES string of the molecule is CCN(CC)CCN1C(=O)c2cc3ccccc3cc2C1=O. The number of likely N-dealkylation sites (N-methyl/N-ethyl adjacent to an activating group) is 1. The Morgan fingerprint density at radius 2 is 1.41 bits per heavy atom. The van der Waals surface area contributed by atoms with Gasteiger partial charge in [0.05, 0.1) is 11.1 Å². The molecule has 3 rings (SSSR count). The van der Waals surface area contributed by atoms with Crippen molar-refractivity contribution in [1.29, 1.82) is 0 Å². The van der Waals surface area contributed by atoms with Gasteiger partial charge in [-0.1, -0.05) is 38.1 Å². The molecule has 0 aliphatic carbocycles. The normalized spacial score (nSPS) is 14.2. The summed E-state index contributed by atoms with van der Waals surface area (Å²) < 4.78 is 0. The fourth-order valence-electron chi connectivity index (χ4n) is 2.96. The van der Waals surface area contributed by atoms with E-state index in [2.05, 4.69) is 18.7 Å². The summed E-state index contributed by atoms with van der Waals surface area (Å²) in [4.78, 5) is 28.6. The zero-order valence-electron chi connectivity index (χ0n) is 13.0. The minimum Gasteiger partial charge on any atom is -0.302 e. The van der Waals surface area contributed by atoms with Gasteiger partial charge in [-0.15, -0.1) is 0 Å². The predicted molar refractivity (Wildman–Crippen MR) is 87.1 cm³/mol. The van der Waals surface area contributed by atoms with Gasteiger partial charge in [0.1, 0.15) is 0 Å². The molecule has 0 bridgehead atoms. The monoisotopic (exact) mass is 296 g/mol. The van der Waals surface area contributed by atoms with Crippen LogP contribution in [-0.4, -0.2) is 47.8 Å². The maximum absolute atomic E-state index is 12.5. The molecule has 1 aliphatic rings. The number of amides is 2. The van der Waals surface area contributed by atoms with Crippen molar-refractivity contribution >= 4 is 22.6 Å². The summed E-state index contributed by atoms with van der Waals surface area (Å²) >= 11 is 0. The van der Waals surface area contributed by atoms with E-state index in [-0.39, 0.29) is 11.8 Å². The van der Waals surface area contributed by atoms with Crippen LogP contribution in [0.3, 0.4) is 0 Å². The molecule has 0 saturated heterocycles. The number of imide groups is 1. The molecule has 1 aliphatic heterocycles. The van der Waals surface area contributed by atoms with Crippen LogP contribution < -0.4 is 0 Å². The molecule has 0 spiro atoms. The molecule has 1 heterocycles. The topological polar surface area (TPSA) is 40.6 Å². The van der Waals surface area contributed by atoms with E-state index in [9.17, 15) is 9.59 Å². The lowest BCUT2D eigenvalue weighted by atomic mass is 10.0. The molecule has 0 atom stereocenters. The van der Waals surface area contributed by atoms with Gasteiger partial charge in [0.15, 0.2) is 0 Å². The first-order chi connectivity index (χ1) is 10.7. The lowest BCUT2D eigenvalue weighted by Crippen LogP contribution is -2.38. The number of nitrogens with zero attached hydrogens (tertiary/aromatic N) is 2. The van der Waals surface area contributed by atoms with E-state index >= 15 is 0 Å². The summed E-state index contributed by atoms with van der Waals surface area (Å²) in [7, 11) is 0. The Hall–Kier alpha value is -2.20. The molecule has 0 saturated carbocycles. The maximum atomic E-state index is 12.5. The molecular formula is C18H20N2O2. The highest BCUT2D eigenvalue weighted by Gasteiger charge is 2.35. The molecule has 4 nitrogen and oxygen atoms in total. The third-order valence-electron chi connectivity index (χ3n) is 4.37. The number of carbonyl (C=O) groups excluding carboxylic acids is 2. The highest BCUT2D eigenvalue weighted by Crippen LogP contribution is 2.27. The summed E-state index contributed by atoms with van der Waals surface area (Å²) in [6.07, 6.45) is 0. The van der Waals surface area contributed by atoms with Crippen LogP contribution >= 0.6 is 0 Å². The number of fused-ring (bicyclic) bond motifs is 2. The first kappa shape index (κ1) is 14.7. The first-order valence-electron chi connectivity index (χ1n) is 7.77. The fourth-order valence-corrected chi connectivity index (χ4v) is 2.96. The third-order valence-corrected chi connectivity index (χ3v) is 4.37. The minimum atomic E-state index is -0.169. The van der Waals surface area contributed by atoms with Crippen LogP contribution in [0.1, 0.15) is 34.6 Å². The van der Waals surface area contributed by atoms with Crippen LogP contribution in [0.25, 0.3) is 10.8 Å². The van der Waals surface area contributed by atoms with E-state index in [1.165, 1.54) is 4.90 Å². The van der Waals surface area contributed by atoms with Gasteiger partial charge in [0.25, 0.3) is 11.8 Å². The van der Waals surface area contributed by atoms with Gasteiger partial charge >= 0.3 is 0 Å². The molecule has 0 aromatic heterocycles. The number of hydrogen-bond donors (Lipinski definition) is 0. The van der Waals surface area contributed by atoms with Crippen molar-refractivity contribution in [3.05, 3.63) is 47.5 Å². The number of carbonyl (C=O) groups is 2. The van der Waals surface area contributed by atoms with Crippen molar-refractivity contribution in [2.45, 2.75) is 13.8 Å². The second kappa shape index (κ2) is 5.89. The van der Waals surface area contributed by atoms with Crippen LogP contribution in [0, 0.1) is 0 Å². The molecule has 0 radical (unpaired) electrons. The predicted octanol–water partition coefficient (Wildman–Crippen LogP) is 2.78. The Morgan fingerprint density at radius 1 is 0.909 bits per heavy atom. The largest absolute Gasteiger partial charge is 0.302 e. The van der Waals surface area contributed by atoms with Crippen LogP contribution in [0.15, 0.2) is 36.4 Å². The molecular weight excluding hydrogens is 276 g/mol. The molecule has 0 N–H and O–H groups in total. The van der Waals surface area contributed by atoms with Gasteiger partial charge in [-0.2, -0.15) is 0 Å². The number of rotatable bonds is 5. The van der Waals surface area contributed by atoms with Crippen LogP contribution in [0.4, 0.5) is 0 Å². The summed E-state index contributed by atoms with van der Waals surface area (Å²) in [5.41, 5.74) is 1.06. The average Bonchev–Trinajstić information content (AvgIpc) is 2.78. The first-order valence-corrected chi connectivity index (χ1v) is 7.77. The second-order valence-electron chi connectivity index (χ2n) is 5.53. The van der Waals surface area contributed by atoms with E-state index in [1.54, 1.807) is 0 Å². The summed E-state index contributed by atoms with van der Waals surface area (Å²) in [5, 5.41) is 1.99. The number of hydrogen-bond acceptors (Lipinski definition) is 3.